The second kappa shape index (κ2) is 6.76. The van der Waals surface area contributed by atoms with E-state index in [1.165, 1.54) is 25.7 Å². The number of rotatable bonds is 4. The van der Waals surface area contributed by atoms with Crippen molar-refractivity contribution in [2.45, 2.75) is 44.9 Å². The van der Waals surface area contributed by atoms with Gasteiger partial charge < -0.3 is 11.5 Å². The topological polar surface area (TPSA) is 113 Å². The number of hydrogen-bond acceptors (Lipinski definition) is 5. The van der Waals surface area contributed by atoms with E-state index in [1.807, 2.05) is 12.1 Å². The van der Waals surface area contributed by atoms with Crippen molar-refractivity contribution in [2.75, 3.05) is 11.5 Å². The first-order chi connectivity index (χ1) is 10.2. The molecule has 5 nitrogen and oxygen atoms in total. The summed E-state index contributed by atoms with van der Waals surface area (Å²) >= 11 is 0. The predicted octanol–water partition coefficient (Wildman–Crippen LogP) is 2.81. The molecule has 0 atom stereocenters. The number of allylic oxidation sites excluding steroid dienone is 2. The Morgan fingerprint density at radius 2 is 1.76 bits per heavy atom. The molecule has 0 saturated heterocycles. The number of nitrogens with zero attached hydrogens (tertiary/aromatic N) is 3. The Labute approximate surface area is 124 Å². The van der Waals surface area contributed by atoms with Crippen LogP contribution >= 0.6 is 0 Å². The molecule has 1 aromatic heterocycles. The first kappa shape index (κ1) is 14.9. The standard InChI is InChI=1S/C16H19N5/c17-9-12-14(21-16(20)13(10-18)15(12)19)8-4-3-7-11-5-1-2-6-11/h7H,1-6,8H2,(H4,19,20,21). The lowest BCUT2D eigenvalue weighted by atomic mass is 10.0. The van der Waals surface area contributed by atoms with Gasteiger partial charge in [0.2, 0.25) is 0 Å². The molecule has 0 aromatic carbocycles. The zero-order chi connectivity index (χ0) is 15.2. The number of nitriles is 2. The molecule has 0 amide bonds. The molecule has 1 aromatic rings. The van der Waals surface area contributed by atoms with E-state index in [1.54, 1.807) is 5.57 Å². The summed E-state index contributed by atoms with van der Waals surface area (Å²) < 4.78 is 0. The molecule has 1 fully saturated rings. The van der Waals surface area contributed by atoms with Crippen LogP contribution in [0.4, 0.5) is 11.5 Å². The number of pyridine rings is 1. The number of nitrogen functional groups attached to an aromatic ring is 2. The highest BCUT2D eigenvalue weighted by Gasteiger charge is 2.15. The Hall–Kier alpha value is -2.53. The normalized spacial score (nSPS) is 13.7. The number of aryl methyl sites for hydroxylation is 1. The van der Waals surface area contributed by atoms with Crippen molar-refractivity contribution in [3.63, 3.8) is 0 Å². The molecule has 0 bridgehead atoms. The highest BCUT2D eigenvalue weighted by Crippen LogP contribution is 2.26. The zero-order valence-corrected chi connectivity index (χ0v) is 12.0. The van der Waals surface area contributed by atoms with Gasteiger partial charge in [-0.15, -0.1) is 0 Å². The lowest BCUT2D eigenvalue weighted by Gasteiger charge is -2.09. The maximum atomic E-state index is 9.21. The van der Waals surface area contributed by atoms with Crippen LogP contribution in [0.25, 0.3) is 0 Å². The van der Waals surface area contributed by atoms with Gasteiger partial charge in [-0.1, -0.05) is 11.6 Å². The molecule has 0 spiro atoms. The molecule has 1 aliphatic carbocycles. The molecule has 2 rings (SSSR count). The van der Waals surface area contributed by atoms with E-state index in [9.17, 15) is 5.26 Å². The minimum absolute atomic E-state index is 0.100. The van der Waals surface area contributed by atoms with Crippen LogP contribution in [-0.2, 0) is 6.42 Å². The molecule has 1 heterocycles. The van der Waals surface area contributed by atoms with Crippen LogP contribution in [0.3, 0.4) is 0 Å². The third-order valence-corrected chi connectivity index (χ3v) is 3.86. The van der Waals surface area contributed by atoms with Crippen LogP contribution in [0.2, 0.25) is 0 Å². The van der Waals surface area contributed by atoms with E-state index in [4.69, 9.17) is 16.7 Å². The molecular weight excluding hydrogens is 262 g/mol. The van der Waals surface area contributed by atoms with Crippen molar-refractivity contribution < 1.29 is 0 Å². The summed E-state index contributed by atoms with van der Waals surface area (Å²) in [5.74, 6) is 0.109. The molecule has 21 heavy (non-hydrogen) atoms. The van der Waals surface area contributed by atoms with E-state index >= 15 is 0 Å². The quantitative estimate of drug-likeness (QED) is 0.650. The van der Waals surface area contributed by atoms with E-state index in [-0.39, 0.29) is 22.6 Å². The fourth-order valence-electron chi connectivity index (χ4n) is 2.71. The number of anilines is 2. The van der Waals surface area contributed by atoms with Crippen molar-refractivity contribution in [3.05, 3.63) is 28.5 Å². The summed E-state index contributed by atoms with van der Waals surface area (Å²) in [4.78, 5) is 4.18. The molecule has 108 valence electrons. The van der Waals surface area contributed by atoms with Gasteiger partial charge in [0.15, 0.2) is 0 Å². The van der Waals surface area contributed by atoms with Crippen LogP contribution in [0.15, 0.2) is 11.6 Å². The number of unbranched alkanes of at least 4 members (excludes halogenated alkanes) is 1. The number of hydrogen-bond donors (Lipinski definition) is 2. The van der Waals surface area contributed by atoms with Gasteiger partial charge in [0.25, 0.3) is 0 Å². The Kier molecular flexibility index (Phi) is 4.79. The van der Waals surface area contributed by atoms with E-state index < -0.39 is 0 Å². The van der Waals surface area contributed by atoms with E-state index in [2.05, 4.69) is 11.1 Å². The Morgan fingerprint density at radius 1 is 1.10 bits per heavy atom. The van der Waals surface area contributed by atoms with Gasteiger partial charge in [-0.05, 0) is 44.9 Å². The van der Waals surface area contributed by atoms with Gasteiger partial charge in [-0.25, -0.2) is 4.98 Å². The highest BCUT2D eigenvalue weighted by molar-refractivity contribution is 5.71. The third-order valence-electron chi connectivity index (χ3n) is 3.86. The molecule has 1 aliphatic rings. The van der Waals surface area contributed by atoms with Crippen LogP contribution in [0, 0.1) is 22.7 Å². The molecule has 0 radical (unpaired) electrons. The molecule has 0 unspecified atom stereocenters. The summed E-state index contributed by atoms with van der Waals surface area (Å²) in [6.45, 7) is 0. The van der Waals surface area contributed by atoms with Crippen LogP contribution in [-0.4, -0.2) is 4.98 Å². The van der Waals surface area contributed by atoms with Crippen molar-refractivity contribution >= 4 is 11.5 Å². The van der Waals surface area contributed by atoms with Gasteiger partial charge >= 0.3 is 0 Å². The van der Waals surface area contributed by atoms with Crippen molar-refractivity contribution in [1.82, 2.24) is 4.98 Å². The first-order valence-corrected chi connectivity index (χ1v) is 7.23. The largest absolute Gasteiger partial charge is 0.396 e. The fraction of sp³-hybridized carbons (Fsp3) is 0.438. The molecule has 1 saturated carbocycles. The highest BCUT2D eigenvalue weighted by atomic mass is 14.9. The van der Waals surface area contributed by atoms with E-state index in [0.29, 0.717) is 12.1 Å². The summed E-state index contributed by atoms with van der Waals surface area (Å²) in [5, 5.41) is 18.2. The van der Waals surface area contributed by atoms with Gasteiger partial charge in [-0.3, -0.25) is 0 Å². The van der Waals surface area contributed by atoms with Crippen LogP contribution < -0.4 is 11.5 Å². The van der Waals surface area contributed by atoms with Gasteiger partial charge in [0.1, 0.15) is 23.5 Å². The van der Waals surface area contributed by atoms with Gasteiger partial charge in [0, 0.05) is 0 Å². The van der Waals surface area contributed by atoms with Crippen LogP contribution in [0.1, 0.15) is 55.3 Å². The monoisotopic (exact) mass is 281 g/mol. The first-order valence-electron chi connectivity index (χ1n) is 7.23. The molecule has 5 heteroatoms. The Bertz CT molecular complexity index is 638. The maximum Gasteiger partial charge on any atom is 0.143 e. The number of nitrogens with two attached hydrogens (primary N) is 2. The third kappa shape index (κ3) is 3.32. The predicted molar refractivity (Wildman–Crippen MR) is 82.0 cm³/mol. The second-order valence-electron chi connectivity index (χ2n) is 5.29. The fourth-order valence-corrected chi connectivity index (χ4v) is 2.71. The van der Waals surface area contributed by atoms with Gasteiger partial charge in [-0.2, -0.15) is 10.5 Å². The van der Waals surface area contributed by atoms with Crippen LogP contribution in [0.5, 0.6) is 0 Å². The van der Waals surface area contributed by atoms with Crippen molar-refractivity contribution in [1.29, 1.82) is 10.5 Å². The lowest BCUT2D eigenvalue weighted by Crippen LogP contribution is -2.08. The molecule has 0 aliphatic heterocycles. The minimum Gasteiger partial charge on any atom is -0.396 e. The average Bonchev–Trinajstić information content (AvgIpc) is 2.97. The maximum absolute atomic E-state index is 9.21. The smallest absolute Gasteiger partial charge is 0.143 e. The lowest BCUT2D eigenvalue weighted by molar-refractivity contribution is 0.809. The van der Waals surface area contributed by atoms with Gasteiger partial charge in [0.05, 0.1) is 16.9 Å². The Balaban J connectivity index is 2.08. The molecule has 4 N–H and O–H groups in total. The summed E-state index contributed by atoms with van der Waals surface area (Å²) in [6.07, 6.45) is 9.86. The minimum atomic E-state index is 0.100. The Morgan fingerprint density at radius 3 is 2.38 bits per heavy atom. The summed E-state index contributed by atoms with van der Waals surface area (Å²) in [7, 11) is 0. The average molecular weight is 281 g/mol. The number of aromatic nitrogens is 1. The second-order valence-corrected chi connectivity index (χ2v) is 5.29. The van der Waals surface area contributed by atoms with Crippen molar-refractivity contribution in [2.24, 2.45) is 0 Å². The van der Waals surface area contributed by atoms with E-state index in [0.717, 1.165) is 12.8 Å². The summed E-state index contributed by atoms with van der Waals surface area (Å²) in [6, 6.07) is 3.93. The van der Waals surface area contributed by atoms with Crippen molar-refractivity contribution in [3.8, 4) is 12.1 Å². The zero-order valence-electron chi connectivity index (χ0n) is 12.0. The SMILES string of the molecule is N#Cc1c(N)nc(CCCC=C2CCCC2)c(C#N)c1N. The summed E-state index contributed by atoms with van der Waals surface area (Å²) in [5.41, 5.74) is 14.2. The molecular formula is C16H19N5.